The summed E-state index contributed by atoms with van der Waals surface area (Å²) >= 11 is 0. The number of rotatable bonds is 0. The minimum Gasteiger partial charge on any atom is -0.154 e. The van der Waals surface area contributed by atoms with Crippen molar-refractivity contribution in [1.82, 2.24) is 0 Å². The highest BCUT2D eigenvalue weighted by Crippen LogP contribution is 2.15. The van der Waals surface area contributed by atoms with E-state index < -0.39 is 0 Å². The zero-order valence-electron chi connectivity index (χ0n) is 3.81. The number of hydrogen-bond donors (Lipinski definition) is 0. The second-order valence-electron chi connectivity index (χ2n) is 1.34. The molecule has 46 valence electrons. The predicted octanol–water partition coefficient (Wildman–Crippen LogP) is 1.71. The molecule has 0 atom stereocenters. The molecule has 0 radical (unpaired) electrons. The van der Waals surface area contributed by atoms with Gasteiger partial charge in [0.25, 0.3) is 0 Å². The normalized spacial score (nSPS) is 18.7. The highest BCUT2D eigenvalue weighted by atomic mass is 15.5. The first kappa shape index (κ1) is 5.74. The average molecular weight is 123 g/mol. The molecule has 2 aliphatic rings. The molecule has 2 heterocycles. The van der Waals surface area contributed by atoms with Gasteiger partial charge in [0.1, 0.15) is 0 Å². The first-order valence-corrected chi connectivity index (χ1v) is 2.07. The first-order chi connectivity index (χ1) is 3.97. The largest absolute Gasteiger partial charge is 0.227 e. The van der Waals surface area contributed by atoms with Crippen molar-refractivity contribution in [3.8, 4) is 0 Å². The molecule has 0 spiro atoms. The summed E-state index contributed by atoms with van der Waals surface area (Å²) in [6.07, 6.45) is 1.52. The molecule has 0 aromatic heterocycles. The Morgan fingerprint density at radius 2 is 2.11 bits per heavy atom. The van der Waals surface area contributed by atoms with Crippen LogP contribution in [0.15, 0.2) is 37.6 Å². The predicted molar refractivity (Wildman–Crippen MR) is 32.0 cm³/mol. The zero-order valence-corrected chi connectivity index (χ0v) is 3.81. The second-order valence-corrected chi connectivity index (χ2v) is 1.34. The van der Waals surface area contributed by atoms with Gasteiger partial charge >= 0.3 is 0 Å². The average Bonchev–Trinajstić information content (AvgIpc) is 2.15. The molecule has 0 amide bonds. The van der Waals surface area contributed by atoms with Crippen LogP contribution in [0.1, 0.15) is 7.43 Å². The van der Waals surface area contributed by atoms with Gasteiger partial charge in [0.05, 0.1) is 6.20 Å². The quantitative estimate of drug-likeness (QED) is 0.470. The van der Waals surface area contributed by atoms with Gasteiger partial charge in [-0.1, -0.05) is 7.43 Å². The van der Waals surface area contributed by atoms with E-state index in [4.69, 9.17) is 0 Å². The van der Waals surface area contributed by atoms with Crippen LogP contribution in [0.3, 0.4) is 0 Å². The standard InChI is InChI=1S/C3HN5.CH4/c1-2-3(6-4-1)7-8-5-2;/h1H;1H4. The number of hydrogen-bond acceptors (Lipinski definition) is 5. The van der Waals surface area contributed by atoms with Crippen LogP contribution < -0.4 is 0 Å². The molecule has 5 heteroatoms. The van der Waals surface area contributed by atoms with Crippen molar-refractivity contribution in [2.75, 3.05) is 0 Å². The van der Waals surface area contributed by atoms with Gasteiger partial charge in [-0.15, -0.1) is 15.3 Å². The minimum atomic E-state index is 0. The van der Waals surface area contributed by atoms with Crippen LogP contribution in [0.5, 0.6) is 0 Å². The summed E-state index contributed by atoms with van der Waals surface area (Å²) in [5.74, 6) is 0.519. The van der Waals surface area contributed by atoms with Gasteiger partial charge in [0, 0.05) is 0 Å². The molecule has 0 aliphatic carbocycles. The molecule has 0 saturated carbocycles. The van der Waals surface area contributed by atoms with Crippen molar-refractivity contribution in [3.05, 3.63) is 11.9 Å². The van der Waals surface area contributed by atoms with Crippen LogP contribution in [-0.4, -0.2) is 5.84 Å². The van der Waals surface area contributed by atoms with Crippen LogP contribution in [0.25, 0.3) is 0 Å². The van der Waals surface area contributed by atoms with Gasteiger partial charge in [-0.25, -0.2) is 0 Å². The van der Waals surface area contributed by atoms with Gasteiger partial charge < -0.3 is 0 Å². The summed E-state index contributed by atoms with van der Waals surface area (Å²) < 4.78 is 0. The second kappa shape index (κ2) is 1.85. The van der Waals surface area contributed by atoms with Gasteiger partial charge in [0.15, 0.2) is 5.70 Å². The Morgan fingerprint density at radius 1 is 1.22 bits per heavy atom. The van der Waals surface area contributed by atoms with E-state index in [-0.39, 0.29) is 7.43 Å². The fourth-order valence-corrected chi connectivity index (χ4v) is 0.502. The third kappa shape index (κ3) is 0.658. The summed E-state index contributed by atoms with van der Waals surface area (Å²) in [6, 6.07) is 0. The van der Waals surface area contributed by atoms with Gasteiger partial charge in [-0.2, -0.15) is 5.11 Å². The Morgan fingerprint density at radius 3 is 2.89 bits per heavy atom. The molecule has 0 aromatic rings. The van der Waals surface area contributed by atoms with E-state index in [2.05, 4.69) is 25.7 Å². The van der Waals surface area contributed by atoms with Gasteiger partial charge in [-0.05, 0) is 5.22 Å². The van der Waals surface area contributed by atoms with Crippen LogP contribution >= 0.6 is 0 Å². The fourth-order valence-electron chi connectivity index (χ4n) is 0.502. The SMILES string of the molecule is C.C1=C2N=NN=C2N=N1. The van der Waals surface area contributed by atoms with Gasteiger partial charge in [-0.3, -0.25) is 0 Å². The van der Waals surface area contributed by atoms with Crippen molar-refractivity contribution >= 4 is 5.84 Å². The maximum absolute atomic E-state index is 3.59. The molecule has 0 aromatic carbocycles. The van der Waals surface area contributed by atoms with Crippen molar-refractivity contribution in [2.45, 2.75) is 7.43 Å². The van der Waals surface area contributed by atoms with E-state index in [1.807, 2.05) is 0 Å². The number of azo groups is 1. The Labute approximate surface area is 51.9 Å². The van der Waals surface area contributed by atoms with Crippen LogP contribution in [0.2, 0.25) is 0 Å². The lowest BCUT2D eigenvalue weighted by molar-refractivity contribution is 1.08. The topological polar surface area (TPSA) is 61.8 Å². The van der Waals surface area contributed by atoms with Crippen molar-refractivity contribution in [3.63, 3.8) is 0 Å². The third-order valence-corrected chi connectivity index (χ3v) is 0.853. The molecule has 0 unspecified atom stereocenters. The van der Waals surface area contributed by atoms with Crippen molar-refractivity contribution < 1.29 is 0 Å². The first-order valence-electron chi connectivity index (χ1n) is 2.07. The van der Waals surface area contributed by atoms with Crippen molar-refractivity contribution in [2.24, 2.45) is 25.7 Å². The summed E-state index contributed by atoms with van der Waals surface area (Å²) in [7, 11) is 0. The number of amidine groups is 1. The minimum absolute atomic E-state index is 0. The lowest BCUT2D eigenvalue weighted by atomic mass is 10.5. The maximum Gasteiger partial charge on any atom is 0.227 e. The molecule has 5 nitrogen and oxygen atoms in total. The molecule has 2 aliphatic heterocycles. The smallest absolute Gasteiger partial charge is 0.154 e. The highest BCUT2D eigenvalue weighted by molar-refractivity contribution is 6.00. The molecular weight excluding hydrogens is 118 g/mol. The van der Waals surface area contributed by atoms with Crippen LogP contribution in [0.4, 0.5) is 0 Å². The number of fused-ring (bicyclic) bond motifs is 1. The van der Waals surface area contributed by atoms with E-state index in [0.717, 1.165) is 0 Å². The molecule has 0 bridgehead atoms. The summed E-state index contributed by atoms with van der Waals surface area (Å²) in [4.78, 5) is 0. The highest BCUT2D eigenvalue weighted by Gasteiger charge is 2.14. The van der Waals surface area contributed by atoms with E-state index in [1.54, 1.807) is 0 Å². The summed E-state index contributed by atoms with van der Waals surface area (Å²) in [5, 5.41) is 17.6. The van der Waals surface area contributed by atoms with E-state index in [0.29, 0.717) is 11.5 Å². The van der Waals surface area contributed by atoms with Crippen molar-refractivity contribution in [1.29, 1.82) is 0 Å². The summed E-state index contributed by atoms with van der Waals surface area (Å²) in [5.41, 5.74) is 0.657. The molecular formula is C4H5N5. The Kier molecular flexibility index (Phi) is 1.18. The Hall–Kier alpha value is -1.39. The van der Waals surface area contributed by atoms with Crippen LogP contribution in [0, 0.1) is 0 Å². The van der Waals surface area contributed by atoms with E-state index >= 15 is 0 Å². The molecule has 0 saturated heterocycles. The molecule has 9 heavy (non-hydrogen) atoms. The molecule has 0 fully saturated rings. The van der Waals surface area contributed by atoms with Crippen LogP contribution in [-0.2, 0) is 0 Å². The Bertz CT molecular complexity index is 207. The zero-order chi connectivity index (χ0) is 5.40. The maximum atomic E-state index is 3.59. The van der Waals surface area contributed by atoms with E-state index in [1.165, 1.54) is 6.20 Å². The summed E-state index contributed by atoms with van der Waals surface area (Å²) in [6.45, 7) is 0. The molecule has 2 rings (SSSR count). The van der Waals surface area contributed by atoms with E-state index in [9.17, 15) is 0 Å². The Balaban J connectivity index is 0.000000405. The monoisotopic (exact) mass is 123 g/mol. The lowest BCUT2D eigenvalue weighted by Gasteiger charge is -1.73. The molecule has 0 N–H and O–H groups in total. The number of nitrogens with zero attached hydrogens (tertiary/aromatic N) is 5. The fraction of sp³-hybridized carbons (Fsp3) is 0.250. The lowest BCUT2D eigenvalue weighted by Crippen LogP contribution is -1.83. The third-order valence-electron chi connectivity index (χ3n) is 0.853. The van der Waals surface area contributed by atoms with Gasteiger partial charge in [0.2, 0.25) is 5.84 Å².